The van der Waals surface area contributed by atoms with E-state index in [1.54, 1.807) is 0 Å². The highest BCUT2D eigenvalue weighted by molar-refractivity contribution is 5.90. The highest BCUT2D eigenvalue weighted by Crippen LogP contribution is 2.07. The molecule has 0 aliphatic rings. The van der Waals surface area contributed by atoms with Crippen molar-refractivity contribution in [3.05, 3.63) is 35.9 Å². The number of carbonyl (C=O) groups is 4. The van der Waals surface area contributed by atoms with Crippen LogP contribution in [0.1, 0.15) is 46.1 Å². The molecule has 0 saturated heterocycles. The first-order valence-corrected chi connectivity index (χ1v) is 10.2. The Morgan fingerprint density at radius 3 is 2.17 bits per heavy atom. The Bertz CT molecular complexity index is 691. The van der Waals surface area contributed by atoms with Crippen LogP contribution < -0.4 is 16.0 Å². The van der Waals surface area contributed by atoms with Crippen molar-refractivity contribution in [2.75, 3.05) is 6.54 Å². The molecular formula is C22H33N3O5. The Morgan fingerprint density at radius 1 is 0.967 bits per heavy atom. The molecule has 0 radical (unpaired) electrons. The number of alkyl carbamates (subject to hydrolysis) is 1. The van der Waals surface area contributed by atoms with Crippen molar-refractivity contribution in [2.45, 2.75) is 59.2 Å². The van der Waals surface area contributed by atoms with E-state index in [1.165, 1.54) is 0 Å². The molecule has 2 atom stereocenters. The molecule has 8 nitrogen and oxygen atoms in total. The van der Waals surface area contributed by atoms with Gasteiger partial charge in [0.2, 0.25) is 11.8 Å². The summed E-state index contributed by atoms with van der Waals surface area (Å²) in [5.74, 6) is -0.566. The highest BCUT2D eigenvalue weighted by atomic mass is 16.5. The van der Waals surface area contributed by atoms with Crippen LogP contribution in [0.4, 0.5) is 4.79 Å². The fourth-order valence-corrected chi connectivity index (χ4v) is 2.81. The van der Waals surface area contributed by atoms with Crippen LogP contribution in [0.3, 0.4) is 0 Å². The monoisotopic (exact) mass is 419 g/mol. The lowest BCUT2D eigenvalue weighted by molar-refractivity contribution is -0.128. The van der Waals surface area contributed by atoms with E-state index in [4.69, 9.17) is 4.74 Å². The van der Waals surface area contributed by atoms with Crippen molar-refractivity contribution in [1.82, 2.24) is 16.0 Å². The zero-order valence-electron chi connectivity index (χ0n) is 18.1. The topological polar surface area (TPSA) is 114 Å². The number of aldehydes is 1. The molecule has 166 valence electrons. The van der Waals surface area contributed by atoms with Crippen LogP contribution >= 0.6 is 0 Å². The van der Waals surface area contributed by atoms with E-state index in [-0.39, 0.29) is 25.0 Å². The fourth-order valence-electron chi connectivity index (χ4n) is 2.81. The molecule has 0 bridgehead atoms. The first-order chi connectivity index (χ1) is 14.2. The van der Waals surface area contributed by atoms with E-state index < -0.39 is 30.0 Å². The van der Waals surface area contributed by atoms with E-state index in [0.29, 0.717) is 19.1 Å². The summed E-state index contributed by atoms with van der Waals surface area (Å²) in [7, 11) is 0. The Kier molecular flexibility index (Phi) is 11.2. The summed E-state index contributed by atoms with van der Waals surface area (Å²) in [5, 5.41) is 7.65. The van der Waals surface area contributed by atoms with E-state index in [2.05, 4.69) is 16.0 Å². The molecule has 8 heteroatoms. The molecule has 30 heavy (non-hydrogen) atoms. The molecular weight excluding hydrogens is 386 g/mol. The van der Waals surface area contributed by atoms with Gasteiger partial charge in [-0.15, -0.1) is 0 Å². The third kappa shape index (κ3) is 10.6. The zero-order valence-corrected chi connectivity index (χ0v) is 18.1. The lowest BCUT2D eigenvalue weighted by Gasteiger charge is -2.20. The van der Waals surface area contributed by atoms with Crippen LogP contribution in [0.15, 0.2) is 30.3 Å². The van der Waals surface area contributed by atoms with Crippen molar-refractivity contribution >= 4 is 24.2 Å². The van der Waals surface area contributed by atoms with E-state index >= 15 is 0 Å². The molecule has 0 fully saturated rings. The number of nitrogens with one attached hydrogen (secondary N) is 3. The van der Waals surface area contributed by atoms with Gasteiger partial charge < -0.3 is 25.5 Å². The predicted octanol–water partition coefficient (Wildman–Crippen LogP) is 2.17. The number of amides is 3. The third-order valence-electron chi connectivity index (χ3n) is 4.19. The van der Waals surface area contributed by atoms with Crippen LogP contribution in [-0.2, 0) is 25.7 Å². The molecule has 3 N–H and O–H groups in total. The molecule has 0 aromatic heterocycles. The van der Waals surface area contributed by atoms with Crippen LogP contribution in [0.25, 0.3) is 0 Å². The van der Waals surface area contributed by atoms with Crippen LogP contribution in [0.5, 0.6) is 0 Å². The first kappa shape index (κ1) is 25.1. The number of rotatable bonds is 12. The molecule has 1 rings (SSSR count). The van der Waals surface area contributed by atoms with Gasteiger partial charge in [0.05, 0.1) is 12.6 Å². The Hall–Kier alpha value is -2.90. The summed E-state index contributed by atoms with van der Waals surface area (Å²) >= 11 is 0. The number of carbonyl (C=O) groups excluding carboxylic acids is 4. The number of hydrogen-bond acceptors (Lipinski definition) is 5. The van der Waals surface area contributed by atoms with Crippen LogP contribution in [-0.4, -0.2) is 42.8 Å². The molecule has 0 unspecified atom stereocenters. The molecule has 3 amide bonds. The second kappa shape index (κ2) is 13.3. The number of ether oxygens (including phenoxy) is 1. The molecule has 0 aliphatic heterocycles. The maximum atomic E-state index is 12.5. The molecule has 0 spiro atoms. The van der Waals surface area contributed by atoms with Crippen molar-refractivity contribution in [1.29, 1.82) is 0 Å². The Balaban J connectivity index is 2.53. The Morgan fingerprint density at radius 2 is 1.60 bits per heavy atom. The lowest BCUT2D eigenvalue weighted by Crippen LogP contribution is -2.50. The van der Waals surface area contributed by atoms with Gasteiger partial charge in [0.25, 0.3) is 0 Å². The van der Waals surface area contributed by atoms with Gasteiger partial charge in [0.15, 0.2) is 0 Å². The quantitative estimate of drug-likeness (QED) is 0.449. The average Bonchev–Trinajstić information content (AvgIpc) is 2.69. The summed E-state index contributed by atoms with van der Waals surface area (Å²) in [6.45, 7) is 7.55. The van der Waals surface area contributed by atoms with Gasteiger partial charge in [0.1, 0.15) is 18.9 Å². The zero-order chi connectivity index (χ0) is 22.5. The number of benzene rings is 1. The standard InChI is InChI=1S/C22H33N3O5/c1-15(2)10-18(13-26)24-20(27)12-23-21(28)19(11-16(3)4)25-22(29)30-14-17-8-6-5-7-9-17/h5-9,13,15-16,18-19H,10-12,14H2,1-4H3,(H,23,28)(H,24,27)(H,25,29)/t18-,19+/m1/s1. The second-order valence-electron chi connectivity index (χ2n) is 8.05. The van der Waals surface area contributed by atoms with Gasteiger partial charge in [-0.05, 0) is 30.2 Å². The smallest absolute Gasteiger partial charge is 0.408 e. The molecule has 0 aliphatic carbocycles. The van der Waals surface area contributed by atoms with Gasteiger partial charge in [-0.25, -0.2) is 4.79 Å². The summed E-state index contributed by atoms with van der Waals surface area (Å²) in [6.07, 6.45) is 0.889. The van der Waals surface area contributed by atoms with Gasteiger partial charge in [0, 0.05) is 0 Å². The number of hydrogen-bond donors (Lipinski definition) is 3. The lowest BCUT2D eigenvalue weighted by atomic mass is 10.0. The van der Waals surface area contributed by atoms with Crippen LogP contribution in [0.2, 0.25) is 0 Å². The minimum Gasteiger partial charge on any atom is -0.445 e. The summed E-state index contributed by atoms with van der Waals surface area (Å²) in [6, 6.07) is 7.78. The maximum Gasteiger partial charge on any atom is 0.408 e. The molecule has 1 aromatic rings. The van der Waals surface area contributed by atoms with Gasteiger partial charge in [-0.3, -0.25) is 9.59 Å². The fraction of sp³-hybridized carbons (Fsp3) is 0.545. The second-order valence-corrected chi connectivity index (χ2v) is 8.05. The van der Waals surface area contributed by atoms with Crippen molar-refractivity contribution < 1.29 is 23.9 Å². The van der Waals surface area contributed by atoms with E-state index in [1.807, 2.05) is 58.0 Å². The van der Waals surface area contributed by atoms with Crippen LogP contribution in [0, 0.1) is 11.8 Å². The predicted molar refractivity (Wildman–Crippen MR) is 113 cm³/mol. The molecule has 0 saturated carbocycles. The maximum absolute atomic E-state index is 12.5. The van der Waals surface area contributed by atoms with E-state index in [0.717, 1.165) is 5.56 Å². The molecule has 1 aromatic carbocycles. The molecule has 0 heterocycles. The van der Waals surface area contributed by atoms with Gasteiger partial charge >= 0.3 is 6.09 Å². The summed E-state index contributed by atoms with van der Waals surface area (Å²) in [4.78, 5) is 47.7. The minimum atomic E-state index is -0.835. The average molecular weight is 420 g/mol. The van der Waals surface area contributed by atoms with Gasteiger partial charge in [-0.1, -0.05) is 58.0 Å². The first-order valence-electron chi connectivity index (χ1n) is 10.2. The third-order valence-corrected chi connectivity index (χ3v) is 4.19. The minimum absolute atomic E-state index is 0.0913. The highest BCUT2D eigenvalue weighted by Gasteiger charge is 2.23. The van der Waals surface area contributed by atoms with Crippen molar-refractivity contribution in [3.8, 4) is 0 Å². The normalized spacial score (nSPS) is 12.7. The summed E-state index contributed by atoms with van der Waals surface area (Å²) in [5.41, 5.74) is 0.834. The van der Waals surface area contributed by atoms with Gasteiger partial charge in [-0.2, -0.15) is 0 Å². The SMILES string of the molecule is CC(C)C[C@H](NC(=O)OCc1ccccc1)C(=O)NCC(=O)N[C@@H](C=O)CC(C)C. The van der Waals surface area contributed by atoms with E-state index in [9.17, 15) is 19.2 Å². The largest absolute Gasteiger partial charge is 0.445 e. The summed E-state index contributed by atoms with van der Waals surface area (Å²) < 4.78 is 5.17. The van der Waals surface area contributed by atoms with Crippen molar-refractivity contribution in [3.63, 3.8) is 0 Å². The Labute approximate surface area is 178 Å². The van der Waals surface area contributed by atoms with Crippen molar-refractivity contribution in [2.24, 2.45) is 11.8 Å².